The number of hydrogen-bond donors (Lipinski definition) is 1. The third-order valence-corrected chi connectivity index (χ3v) is 5.83. The van der Waals surface area contributed by atoms with Crippen molar-refractivity contribution in [3.63, 3.8) is 0 Å². The lowest BCUT2D eigenvalue weighted by molar-refractivity contribution is 0.416. The second-order valence-electron chi connectivity index (χ2n) is 7.27. The number of pyridine rings is 1. The molecular formula is C22H20Cl2N7O. The number of benzene rings is 1. The molecular weight excluding hydrogens is 449 g/mol. The van der Waals surface area contributed by atoms with Crippen molar-refractivity contribution < 1.29 is 4.74 Å². The Morgan fingerprint density at radius 2 is 1.88 bits per heavy atom. The average molecular weight is 469 g/mol. The van der Waals surface area contributed by atoms with Gasteiger partial charge < -0.3 is 15.0 Å². The zero-order chi connectivity index (χ0) is 22.1. The average Bonchev–Trinajstić information content (AvgIpc) is 3.24. The van der Waals surface area contributed by atoms with E-state index in [0.29, 0.717) is 33.1 Å². The number of imidazole rings is 1. The molecule has 163 valence electrons. The molecule has 1 radical (unpaired) electrons. The van der Waals surface area contributed by atoms with Crippen LogP contribution in [0, 0.1) is 0 Å². The van der Waals surface area contributed by atoms with E-state index in [4.69, 9.17) is 27.9 Å². The van der Waals surface area contributed by atoms with Gasteiger partial charge in [-0.1, -0.05) is 23.2 Å². The van der Waals surface area contributed by atoms with Gasteiger partial charge in [0.15, 0.2) is 0 Å². The second kappa shape index (κ2) is 8.82. The first-order valence-corrected chi connectivity index (χ1v) is 10.9. The number of aromatic nitrogens is 4. The van der Waals surface area contributed by atoms with Crippen molar-refractivity contribution in [2.75, 3.05) is 43.5 Å². The van der Waals surface area contributed by atoms with Gasteiger partial charge in [-0.15, -0.1) is 0 Å². The van der Waals surface area contributed by atoms with Crippen LogP contribution in [0.4, 0.5) is 17.3 Å². The van der Waals surface area contributed by atoms with E-state index in [9.17, 15) is 0 Å². The zero-order valence-corrected chi connectivity index (χ0v) is 18.8. The van der Waals surface area contributed by atoms with Crippen molar-refractivity contribution in [3.8, 4) is 17.1 Å². The molecule has 32 heavy (non-hydrogen) atoms. The lowest BCUT2D eigenvalue weighted by Gasteiger charge is -2.29. The summed E-state index contributed by atoms with van der Waals surface area (Å²) in [6, 6.07) is 9.60. The summed E-state index contributed by atoms with van der Waals surface area (Å²) in [7, 11) is 1.65. The number of rotatable bonds is 5. The van der Waals surface area contributed by atoms with Crippen LogP contribution in [0.15, 0.2) is 48.9 Å². The normalized spacial score (nSPS) is 14.0. The van der Waals surface area contributed by atoms with Crippen LogP contribution < -0.4 is 20.3 Å². The molecule has 10 heteroatoms. The number of piperazine rings is 1. The SMILES string of the molecule is COc1cc(N2CC[N]CC2)ccc1Nc1ncc(Cl)c(-c2cnc3cc(Cl)ccn23)n1. The Hall–Kier alpha value is -3.07. The molecule has 0 unspecified atom stereocenters. The van der Waals surface area contributed by atoms with E-state index >= 15 is 0 Å². The van der Waals surface area contributed by atoms with Crippen molar-refractivity contribution in [1.29, 1.82) is 0 Å². The van der Waals surface area contributed by atoms with Gasteiger partial charge in [0.2, 0.25) is 5.95 Å². The van der Waals surface area contributed by atoms with Crippen LogP contribution >= 0.6 is 23.2 Å². The summed E-state index contributed by atoms with van der Waals surface area (Å²) in [5.74, 6) is 1.10. The van der Waals surface area contributed by atoms with Crippen molar-refractivity contribution in [2.24, 2.45) is 0 Å². The fourth-order valence-corrected chi connectivity index (χ4v) is 4.04. The molecule has 5 rings (SSSR count). The van der Waals surface area contributed by atoms with E-state index in [-0.39, 0.29) is 0 Å². The highest BCUT2D eigenvalue weighted by molar-refractivity contribution is 6.33. The Morgan fingerprint density at radius 3 is 2.69 bits per heavy atom. The molecule has 1 aliphatic heterocycles. The van der Waals surface area contributed by atoms with Crippen LogP contribution in [0.25, 0.3) is 17.0 Å². The Morgan fingerprint density at radius 1 is 1.03 bits per heavy atom. The second-order valence-corrected chi connectivity index (χ2v) is 8.12. The quantitative estimate of drug-likeness (QED) is 0.470. The fraction of sp³-hybridized carbons (Fsp3) is 0.227. The molecule has 0 atom stereocenters. The number of methoxy groups -OCH3 is 1. The van der Waals surface area contributed by atoms with Gasteiger partial charge in [0.25, 0.3) is 0 Å². The van der Waals surface area contributed by atoms with Gasteiger partial charge in [0.05, 0.1) is 35.9 Å². The van der Waals surface area contributed by atoms with Gasteiger partial charge in [0.1, 0.15) is 17.1 Å². The molecule has 1 saturated heterocycles. The minimum Gasteiger partial charge on any atom is -0.494 e. The fourth-order valence-electron chi connectivity index (χ4n) is 3.70. The molecule has 4 heterocycles. The number of anilines is 3. The molecule has 8 nitrogen and oxygen atoms in total. The Kier molecular flexibility index (Phi) is 5.73. The minimum absolute atomic E-state index is 0.399. The number of ether oxygens (including phenoxy) is 1. The highest BCUT2D eigenvalue weighted by atomic mass is 35.5. The summed E-state index contributed by atoms with van der Waals surface area (Å²) in [4.78, 5) is 15.7. The molecule has 0 aliphatic carbocycles. The van der Waals surface area contributed by atoms with E-state index < -0.39 is 0 Å². The van der Waals surface area contributed by atoms with Gasteiger partial charge >= 0.3 is 0 Å². The summed E-state index contributed by atoms with van der Waals surface area (Å²) < 4.78 is 7.50. The topological polar surface area (TPSA) is 81.7 Å². The van der Waals surface area contributed by atoms with Gasteiger partial charge in [-0.3, -0.25) is 4.40 Å². The smallest absolute Gasteiger partial charge is 0.227 e. The number of halogens is 2. The third-order valence-electron chi connectivity index (χ3n) is 5.31. The van der Waals surface area contributed by atoms with Gasteiger partial charge in [-0.2, -0.15) is 0 Å². The first kappa shape index (κ1) is 20.8. The molecule has 1 fully saturated rings. The lowest BCUT2D eigenvalue weighted by atomic mass is 10.2. The number of hydrogen-bond acceptors (Lipinski definition) is 6. The molecule has 0 spiro atoms. The van der Waals surface area contributed by atoms with Crippen molar-refractivity contribution in [2.45, 2.75) is 0 Å². The lowest BCUT2D eigenvalue weighted by Crippen LogP contribution is -2.40. The van der Waals surface area contributed by atoms with Crippen LogP contribution in [0.1, 0.15) is 0 Å². The predicted octanol–water partition coefficient (Wildman–Crippen LogP) is 4.27. The van der Waals surface area contributed by atoms with Crippen molar-refractivity contribution in [1.82, 2.24) is 24.7 Å². The highest BCUT2D eigenvalue weighted by Gasteiger charge is 2.16. The largest absolute Gasteiger partial charge is 0.494 e. The zero-order valence-electron chi connectivity index (χ0n) is 17.3. The Balaban J connectivity index is 1.46. The van der Waals surface area contributed by atoms with Crippen molar-refractivity contribution >= 4 is 46.2 Å². The molecule has 0 amide bonds. The standard InChI is InChI=1S/C22H20Cl2N7O/c1-32-19-11-15(30-8-5-25-6-9-30)2-3-17(19)28-22-27-12-16(24)21(29-22)18-13-26-20-10-14(23)4-7-31(18)20/h2-4,7,10-13H,5-6,8-9H2,1H3,(H,27,28,29). The monoisotopic (exact) mass is 468 g/mol. The van der Waals surface area contributed by atoms with E-state index in [0.717, 1.165) is 43.2 Å². The van der Waals surface area contributed by atoms with Crippen LogP contribution in [0.5, 0.6) is 5.75 Å². The van der Waals surface area contributed by atoms with E-state index in [1.165, 1.54) is 0 Å². The number of nitrogens with zero attached hydrogens (tertiary/aromatic N) is 6. The summed E-state index contributed by atoms with van der Waals surface area (Å²) in [6.45, 7) is 3.51. The first-order chi connectivity index (χ1) is 15.6. The van der Waals surface area contributed by atoms with Gasteiger partial charge in [-0.05, 0) is 18.2 Å². The number of nitrogens with one attached hydrogen (secondary N) is 1. The molecule has 1 N–H and O–H groups in total. The molecule has 3 aromatic heterocycles. The summed E-state index contributed by atoms with van der Waals surface area (Å²) >= 11 is 12.5. The predicted molar refractivity (Wildman–Crippen MR) is 127 cm³/mol. The molecule has 4 aromatic rings. The molecule has 0 saturated carbocycles. The van der Waals surface area contributed by atoms with Crippen LogP contribution in [0.3, 0.4) is 0 Å². The molecule has 1 aromatic carbocycles. The Bertz CT molecular complexity index is 1270. The summed E-state index contributed by atoms with van der Waals surface area (Å²) in [5, 5.41) is 8.68. The van der Waals surface area contributed by atoms with E-state index in [1.54, 1.807) is 31.6 Å². The maximum Gasteiger partial charge on any atom is 0.227 e. The summed E-state index contributed by atoms with van der Waals surface area (Å²) in [6.07, 6.45) is 5.12. The third kappa shape index (κ3) is 4.04. The van der Waals surface area contributed by atoms with Gasteiger partial charge in [-0.25, -0.2) is 20.3 Å². The molecule has 1 aliphatic rings. The highest BCUT2D eigenvalue weighted by Crippen LogP contribution is 2.33. The van der Waals surface area contributed by atoms with E-state index in [2.05, 4.69) is 36.6 Å². The maximum atomic E-state index is 6.43. The summed E-state index contributed by atoms with van der Waals surface area (Å²) in [5.41, 5.74) is 3.87. The van der Waals surface area contributed by atoms with Gasteiger partial charge in [0, 0.05) is 55.2 Å². The van der Waals surface area contributed by atoms with Crippen LogP contribution in [-0.4, -0.2) is 52.6 Å². The Labute approximate surface area is 195 Å². The van der Waals surface area contributed by atoms with Crippen LogP contribution in [0.2, 0.25) is 10.0 Å². The van der Waals surface area contributed by atoms with Crippen molar-refractivity contribution in [3.05, 3.63) is 59.0 Å². The number of fused-ring (bicyclic) bond motifs is 1. The maximum absolute atomic E-state index is 6.43. The minimum atomic E-state index is 0.399. The first-order valence-electron chi connectivity index (χ1n) is 10.1. The van der Waals surface area contributed by atoms with E-state index in [1.807, 2.05) is 22.7 Å². The van der Waals surface area contributed by atoms with Crippen LogP contribution in [-0.2, 0) is 0 Å². The molecule has 0 bridgehead atoms.